The second-order valence-electron chi connectivity index (χ2n) is 8.61. The highest BCUT2D eigenvalue weighted by Gasteiger charge is 2.26. The first kappa shape index (κ1) is 20.6. The molecule has 1 fully saturated rings. The van der Waals surface area contributed by atoms with Crippen LogP contribution in [0.2, 0.25) is 0 Å². The zero-order valence-electron chi connectivity index (χ0n) is 18.8. The number of piperidine rings is 1. The first-order valence-electron chi connectivity index (χ1n) is 11.3. The van der Waals surface area contributed by atoms with E-state index in [4.69, 9.17) is 10.1 Å². The molecular weight excluding hydrogens is 400 g/mol. The number of fused-ring (bicyclic) bond motifs is 2. The van der Waals surface area contributed by atoms with Gasteiger partial charge >= 0.3 is 0 Å². The molecule has 0 saturated carbocycles. The predicted molar refractivity (Wildman–Crippen MR) is 126 cm³/mol. The van der Waals surface area contributed by atoms with E-state index in [0.717, 1.165) is 72.0 Å². The molecule has 0 radical (unpaired) electrons. The Morgan fingerprint density at radius 1 is 1.19 bits per heavy atom. The molecule has 0 unspecified atom stereocenters. The van der Waals surface area contributed by atoms with Crippen LogP contribution < -0.4 is 0 Å². The summed E-state index contributed by atoms with van der Waals surface area (Å²) >= 11 is 0. The van der Waals surface area contributed by atoms with Crippen molar-refractivity contribution < 1.29 is 4.79 Å². The van der Waals surface area contributed by atoms with Crippen LogP contribution in [0, 0.1) is 19.8 Å². The molecule has 5 heterocycles. The minimum atomic E-state index is -0.0895. The molecule has 0 aliphatic carbocycles. The van der Waals surface area contributed by atoms with Crippen LogP contribution in [0.15, 0.2) is 59.2 Å². The quantitative estimate of drug-likeness (QED) is 0.748. The number of aromatic nitrogens is 3. The molecule has 7 heteroatoms. The van der Waals surface area contributed by atoms with Crippen molar-refractivity contribution in [1.82, 2.24) is 24.4 Å². The van der Waals surface area contributed by atoms with Crippen LogP contribution in [0.5, 0.6) is 0 Å². The minimum Gasteiger partial charge on any atom is -0.304 e. The molecule has 1 saturated heterocycles. The minimum absolute atomic E-state index is 0.0895. The molecule has 0 aromatic carbocycles. The normalized spacial score (nSPS) is 24.3. The third-order valence-corrected chi connectivity index (χ3v) is 6.45. The lowest BCUT2D eigenvalue weighted by atomic mass is 9.93. The molecule has 3 aliphatic rings. The molecule has 2 aromatic rings. The van der Waals surface area contributed by atoms with Gasteiger partial charge in [0.2, 0.25) is 0 Å². The zero-order valence-corrected chi connectivity index (χ0v) is 18.8. The summed E-state index contributed by atoms with van der Waals surface area (Å²) in [6.07, 6.45) is 15.2. The Kier molecular flexibility index (Phi) is 5.35. The standard InChI is InChI=1S/C25H28N6O/c1-4-29-10-8-19(9-11-29)23-16-30-21(14-26-23)7-5-6-20(12-25(30)32)22-13-24-18(3)27-17(2)15-31(24)28-22/h5-7,12-16,19H,4,8-11H2,1-3H3/b6-5+,20-12+,21-7+. The number of carbonyl (C=O) groups is 1. The average molecular weight is 429 g/mol. The summed E-state index contributed by atoms with van der Waals surface area (Å²) in [5.41, 5.74) is 6.07. The Bertz CT molecular complexity index is 1220. The second kappa shape index (κ2) is 8.31. The molecule has 32 heavy (non-hydrogen) atoms. The molecule has 3 aliphatic heterocycles. The molecule has 0 spiro atoms. The fraction of sp³-hybridized carbons (Fsp3) is 0.360. The van der Waals surface area contributed by atoms with Gasteiger partial charge in [0.15, 0.2) is 0 Å². The van der Waals surface area contributed by atoms with Gasteiger partial charge in [0, 0.05) is 23.8 Å². The number of amides is 1. The summed E-state index contributed by atoms with van der Waals surface area (Å²) in [7, 11) is 0. The molecule has 2 aromatic heterocycles. The van der Waals surface area contributed by atoms with Crippen molar-refractivity contribution in [3.8, 4) is 0 Å². The van der Waals surface area contributed by atoms with Gasteiger partial charge < -0.3 is 4.90 Å². The number of likely N-dealkylation sites (tertiary alicyclic amines) is 1. The van der Waals surface area contributed by atoms with Crippen LogP contribution >= 0.6 is 0 Å². The largest absolute Gasteiger partial charge is 0.304 e. The van der Waals surface area contributed by atoms with Gasteiger partial charge in [-0.3, -0.25) is 19.7 Å². The number of allylic oxidation sites excluding steroid dienone is 6. The van der Waals surface area contributed by atoms with E-state index in [9.17, 15) is 4.79 Å². The fourth-order valence-electron chi connectivity index (χ4n) is 4.61. The molecule has 5 rings (SSSR count). The summed E-state index contributed by atoms with van der Waals surface area (Å²) in [5, 5.41) is 4.69. The highest BCUT2D eigenvalue weighted by atomic mass is 16.2. The summed E-state index contributed by atoms with van der Waals surface area (Å²) in [4.78, 5) is 26.7. The van der Waals surface area contributed by atoms with Crippen molar-refractivity contribution in [2.45, 2.75) is 33.6 Å². The summed E-state index contributed by atoms with van der Waals surface area (Å²) in [6, 6.07) is 1.98. The second-order valence-corrected chi connectivity index (χ2v) is 8.61. The first-order valence-corrected chi connectivity index (χ1v) is 11.3. The van der Waals surface area contributed by atoms with E-state index in [0.29, 0.717) is 5.92 Å². The van der Waals surface area contributed by atoms with Crippen LogP contribution in [-0.2, 0) is 4.79 Å². The van der Waals surface area contributed by atoms with Crippen LogP contribution in [0.1, 0.15) is 36.8 Å². The van der Waals surface area contributed by atoms with Crippen molar-refractivity contribution in [2.75, 3.05) is 19.6 Å². The smallest absolute Gasteiger partial charge is 0.255 e. The van der Waals surface area contributed by atoms with E-state index >= 15 is 0 Å². The topological polar surface area (TPSA) is 66.1 Å². The maximum atomic E-state index is 13.3. The molecule has 0 bridgehead atoms. The van der Waals surface area contributed by atoms with Gasteiger partial charge in [0.05, 0.1) is 46.4 Å². The van der Waals surface area contributed by atoms with Gasteiger partial charge in [-0.05, 0) is 58.5 Å². The van der Waals surface area contributed by atoms with E-state index in [1.54, 1.807) is 11.0 Å². The van der Waals surface area contributed by atoms with Crippen LogP contribution in [0.25, 0.3) is 11.1 Å². The Morgan fingerprint density at radius 3 is 2.78 bits per heavy atom. The fourth-order valence-corrected chi connectivity index (χ4v) is 4.61. The SMILES string of the molecule is CCN1CCC(C2=CN3C(=O)\C=C(c4cc5c(C)nc(C)cn5n4)/C=C/C=C/3C=N2)CC1. The molecule has 1 amide bonds. The van der Waals surface area contributed by atoms with Crippen LogP contribution in [0.4, 0.5) is 0 Å². The number of hydrogen-bond acceptors (Lipinski definition) is 5. The van der Waals surface area contributed by atoms with E-state index in [1.807, 2.05) is 61.3 Å². The Balaban J connectivity index is 1.45. The maximum Gasteiger partial charge on any atom is 0.255 e. The molecule has 0 atom stereocenters. The van der Waals surface area contributed by atoms with Crippen molar-refractivity contribution in [1.29, 1.82) is 0 Å². The summed E-state index contributed by atoms with van der Waals surface area (Å²) in [5.74, 6) is 0.304. The summed E-state index contributed by atoms with van der Waals surface area (Å²) < 4.78 is 1.83. The van der Waals surface area contributed by atoms with E-state index in [1.165, 1.54) is 0 Å². The monoisotopic (exact) mass is 428 g/mol. The van der Waals surface area contributed by atoms with Gasteiger partial charge in [0.25, 0.3) is 5.91 Å². The van der Waals surface area contributed by atoms with E-state index in [-0.39, 0.29) is 5.91 Å². The maximum absolute atomic E-state index is 13.3. The van der Waals surface area contributed by atoms with Crippen LogP contribution in [-0.4, -0.2) is 56.2 Å². The first-order chi connectivity index (χ1) is 15.5. The Labute approximate surface area is 188 Å². The lowest BCUT2D eigenvalue weighted by Gasteiger charge is -2.33. The Hall–Kier alpha value is -3.32. The number of rotatable bonds is 3. The van der Waals surface area contributed by atoms with Gasteiger partial charge in [-0.25, -0.2) is 4.52 Å². The Morgan fingerprint density at radius 2 is 2.00 bits per heavy atom. The zero-order chi connectivity index (χ0) is 22.2. The summed E-state index contributed by atoms with van der Waals surface area (Å²) in [6.45, 7) is 9.38. The lowest BCUT2D eigenvalue weighted by Crippen LogP contribution is -2.35. The predicted octanol–water partition coefficient (Wildman–Crippen LogP) is 3.67. The van der Waals surface area contributed by atoms with Crippen molar-refractivity contribution in [3.05, 3.63) is 71.2 Å². The van der Waals surface area contributed by atoms with E-state index < -0.39 is 0 Å². The van der Waals surface area contributed by atoms with Crippen molar-refractivity contribution in [2.24, 2.45) is 10.9 Å². The van der Waals surface area contributed by atoms with Gasteiger partial charge in [-0.1, -0.05) is 19.1 Å². The molecular formula is C25H28N6O. The molecule has 7 nitrogen and oxygen atoms in total. The van der Waals surface area contributed by atoms with E-state index in [2.05, 4.69) is 16.8 Å². The third-order valence-electron chi connectivity index (χ3n) is 6.45. The highest BCUT2D eigenvalue weighted by Crippen LogP contribution is 2.30. The number of aliphatic imine (C=N–C) groups is 1. The number of hydrogen-bond donors (Lipinski definition) is 0. The van der Waals surface area contributed by atoms with Gasteiger partial charge in [-0.2, -0.15) is 5.10 Å². The van der Waals surface area contributed by atoms with Gasteiger partial charge in [-0.15, -0.1) is 0 Å². The number of aryl methyl sites for hydroxylation is 2. The number of nitrogens with zero attached hydrogens (tertiary/aromatic N) is 6. The molecule has 0 N–H and O–H groups in total. The number of carbonyl (C=O) groups excluding carboxylic acids is 1. The van der Waals surface area contributed by atoms with Crippen molar-refractivity contribution in [3.63, 3.8) is 0 Å². The van der Waals surface area contributed by atoms with Crippen molar-refractivity contribution >= 4 is 23.2 Å². The van der Waals surface area contributed by atoms with Gasteiger partial charge in [0.1, 0.15) is 0 Å². The third kappa shape index (κ3) is 3.84. The lowest BCUT2D eigenvalue weighted by molar-refractivity contribution is -0.121. The molecule has 164 valence electrons. The highest BCUT2D eigenvalue weighted by molar-refractivity contribution is 6.02. The van der Waals surface area contributed by atoms with Crippen LogP contribution in [0.3, 0.4) is 0 Å². The average Bonchev–Trinajstić information content (AvgIpc) is 3.21.